The summed E-state index contributed by atoms with van der Waals surface area (Å²) in [5, 5.41) is 1.67. The van der Waals surface area contributed by atoms with E-state index < -0.39 is 0 Å². The van der Waals surface area contributed by atoms with Crippen molar-refractivity contribution in [2.45, 2.75) is 0 Å². The molecule has 0 radical (unpaired) electrons. The number of anilines is 1. The van der Waals surface area contributed by atoms with Gasteiger partial charge in [-0.05, 0) is 24.3 Å². The fourth-order valence-electron chi connectivity index (χ4n) is 2.78. The number of carbonyl (C=O) groups excluding carboxylic acids is 1. The number of hydrogen-bond acceptors (Lipinski definition) is 5. The zero-order chi connectivity index (χ0) is 17.6. The van der Waals surface area contributed by atoms with Gasteiger partial charge in [-0.3, -0.25) is 4.79 Å². The Morgan fingerprint density at radius 3 is 2.48 bits per heavy atom. The van der Waals surface area contributed by atoms with Crippen molar-refractivity contribution in [2.75, 3.05) is 31.1 Å². The number of piperazine rings is 1. The number of fused-ring (bicyclic) bond motifs is 1. The molecule has 1 aliphatic heterocycles. The maximum Gasteiger partial charge on any atom is 0.256 e. The van der Waals surface area contributed by atoms with E-state index in [1.54, 1.807) is 17.4 Å². The molecule has 1 aliphatic rings. The highest BCUT2D eigenvalue weighted by atomic mass is 35.5. The average molecular weight is 433 g/mol. The fraction of sp³-hybridized carbons (Fsp3) is 0.250. The van der Waals surface area contributed by atoms with Crippen molar-refractivity contribution in [3.63, 3.8) is 0 Å². The smallest absolute Gasteiger partial charge is 0.256 e. The molecule has 0 N–H and O–H groups in total. The van der Waals surface area contributed by atoms with Crippen LogP contribution < -0.4 is 4.90 Å². The fourth-order valence-corrected chi connectivity index (χ4v) is 5.52. The largest absolute Gasteiger partial charge is 0.345 e. The first kappa shape index (κ1) is 17.4. The number of hydrogen-bond donors (Lipinski definition) is 0. The van der Waals surface area contributed by atoms with Gasteiger partial charge in [0, 0.05) is 31.2 Å². The Labute approximate surface area is 167 Å². The van der Waals surface area contributed by atoms with E-state index >= 15 is 0 Å². The van der Waals surface area contributed by atoms with Gasteiger partial charge in [0.15, 0.2) is 5.13 Å². The van der Waals surface area contributed by atoms with Crippen LogP contribution in [0.25, 0.3) is 10.2 Å². The SMILES string of the molecule is O=C(c1cc(Cl)sc1Cl)N1CCN(c2nc3ccc(Cl)cc3s2)CC1. The molecule has 3 aromatic rings. The van der Waals surface area contributed by atoms with E-state index in [-0.39, 0.29) is 5.91 Å². The van der Waals surface area contributed by atoms with Gasteiger partial charge in [0.25, 0.3) is 5.91 Å². The second kappa shape index (κ2) is 6.93. The summed E-state index contributed by atoms with van der Waals surface area (Å²) in [5.74, 6) is -0.0659. The molecule has 0 unspecified atom stereocenters. The average Bonchev–Trinajstić information content (AvgIpc) is 3.16. The molecule has 1 aromatic carbocycles. The highest BCUT2D eigenvalue weighted by Crippen LogP contribution is 2.33. The van der Waals surface area contributed by atoms with Crippen molar-refractivity contribution < 1.29 is 4.79 Å². The zero-order valence-corrected chi connectivity index (χ0v) is 16.7. The Hall–Kier alpha value is -1.05. The zero-order valence-electron chi connectivity index (χ0n) is 12.8. The number of amides is 1. The normalized spacial score (nSPS) is 15.2. The Kier molecular flexibility index (Phi) is 4.81. The Morgan fingerprint density at radius 1 is 1.04 bits per heavy atom. The molecule has 1 fully saturated rings. The Balaban J connectivity index is 1.47. The van der Waals surface area contributed by atoms with Crippen LogP contribution in [0.1, 0.15) is 10.4 Å². The molecule has 0 saturated carbocycles. The van der Waals surface area contributed by atoms with E-state index in [2.05, 4.69) is 9.88 Å². The molecule has 0 aliphatic carbocycles. The first-order valence-corrected chi connectivity index (χ1v) is 10.3. The lowest BCUT2D eigenvalue weighted by Gasteiger charge is -2.34. The van der Waals surface area contributed by atoms with Crippen LogP contribution in [-0.4, -0.2) is 42.0 Å². The molecule has 2 aromatic heterocycles. The van der Waals surface area contributed by atoms with E-state index in [4.69, 9.17) is 34.8 Å². The number of halogens is 3. The molecule has 1 saturated heterocycles. The summed E-state index contributed by atoms with van der Waals surface area (Å²) in [7, 11) is 0. The number of thiazole rings is 1. The topological polar surface area (TPSA) is 36.4 Å². The number of benzene rings is 1. The maximum absolute atomic E-state index is 12.6. The molecular formula is C16H12Cl3N3OS2. The first-order valence-electron chi connectivity index (χ1n) is 7.56. The number of nitrogens with zero attached hydrogens (tertiary/aromatic N) is 3. The molecule has 25 heavy (non-hydrogen) atoms. The Bertz CT molecular complexity index is 947. The van der Waals surface area contributed by atoms with Crippen molar-refractivity contribution in [1.29, 1.82) is 0 Å². The molecule has 0 atom stereocenters. The van der Waals surface area contributed by atoms with Gasteiger partial charge in [-0.25, -0.2) is 4.98 Å². The molecular weight excluding hydrogens is 421 g/mol. The van der Waals surface area contributed by atoms with E-state index in [1.165, 1.54) is 11.3 Å². The minimum Gasteiger partial charge on any atom is -0.345 e. The van der Waals surface area contributed by atoms with Crippen LogP contribution in [0.2, 0.25) is 13.7 Å². The number of aromatic nitrogens is 1. The lowest BCUT2D eigenvalue weighted by molar-refractivity contribution is 0.0747. The van der Waals surface area contributed by atoms with Crippen molar-refractivity contribution >= 4 is 78.7 Å². The molecule has 9 heteroatoms. The number of rotatable bonds is 2. The van der Waals surface area contributed by atoms with Crippen LogP contribution >= 0.6 is 57.5 Å². The second-order valence-electron chi connectivity index (χ2n) is 5.63. The molecule has 130 valence electrons. The number of carbonyl (C=O) groups is 1. The van der Waals surface area contributed by atoms with E-state index in [1.807, 2.05) is 23.1 Å². The standard InChI is InChI=1S/C16H12Cl3N3OS2/c17-9-1-2-11-12(7-9)24-16(20-11)22-5-3-21(4-6-22)15(23)10-8-13(18)25-14(10)19/h1-2,7-8H,3-6H2. The second-order valence-corrected chi connectivity index (χ2v) is 9.36. The highest BCUT2D eigenvalue weighted by molar-refractivity contribution is 7.22. The van der Waals surface area contributed by atoms with Crippen molar-refractivity contribution in [1.82, 2.24) is 9.88 Å². The van der Waals surface area contributed by atoms with Crippen molar-refractivity contribution in [3.8, 4) is 0 Å². The summed E-state index contributed by atoms with van der Waals surface area (Å²) >= 11 is 20.9. The summed E-state index contributed by atoms with van der Waals surface area (Å²) in [6, 6.07) is 7.35. The summed E-state index contributed by atoms with van der Waals surface area (Å²) in [6.45, 7) is 2.71. The lowest BCUT2D eigenvalue weighted by Crippen LogP contribution is -2.48. The third kappa shape index (κ3) is 3.46. The van der Waals surface area contributed by atoms with Gasteiger partial charge in [0.05, 0.1) is 20.1 Å². The van der Waals surface area contributed by atoms with E-state index in [9.17, 15) is 4.79 Å². The van der Waals surface area contributed by atoms with Crippen LogP contribution in [0.15, 0.2) is 24.3 Å². The monoisotopic (exact) mass is 431 g/mol. The molecule has 3 heterocycles. The maximum atomic E-state index is 12.6. The van der Waals surface area contributed by atoms with Crippen LogP contribution in [0.5, 0.6) is 0 Å². The summed E-state index contributed by atoms with van der Waals surface area (Å²) in [5.41, 5.74) is 1.43. The van der Waals surface area contributed by atoms with Crippen molar-refractivity contribution in [2.24, 2.45) is 0 Å². The first-order chi connectivity index (χ1) is 12.0. The van der Waals surface area contributed by atoms with Gasteiger partial charge in [-0.1, -0.05) is 46.1 Å². The summed E-state index contributed by atoms with van der Waals surface area (Å²) < 4.78 is 2.04. The van der Waals surface area contributed by atoms with Crippen LogP contribution in [-0.2, 0) is 0 Å². The quantitative estimate of drug-likeness (QED) is 0.553. The van der Waals surface area contributed by atoms with Gasteiger partial charge in [-0.2, -0.15) is 0 Å². The van der Waals surface area contributed by atoms with Gasteiger partial charge in [0.2, 0.25) is 0 Å². The minimum absolute atomic E-state index is 0.0659. The molecule has 0 bridgehead atoms. The van der Waals surface area contributed by atoms with E-state index in [0.29, 0.717) is 32.3 Å². The van der Waals surface area contributed by atoms with Gasteiger partial charge in [-0.15, -0.1) is 11.3 Å². The van der Waals surface area contributed by atoms with Crippen molar-refractivity contribution in [3.05, 3.63) is 43.5 Å². The molecule has 4 rings (SSSR count). The van der Waals surface area contributed by atoms with Crippen LogP contribution in [0.4, 0.5) is 5.13 Å². The predicted octanol–water partition coefficient (Wildman–Crippen LogP) is 5.28. The Morgan fingerprint density at radius 2 is 1.80 bits per heavy atom. The van der Waals surface area contributed by atoms with Gasteiger partial charge >= 0.3 is 0 Å². The molecule has 4 nitrogen and oxygen atoms in total. The third-order valence-corrected chi connectivity index (χ3v) is 6.87. The minimum atomic E-state index is -0.0659. The van der Waals surface area contributed by atoms with Gasteiger partial charge in [0.1, 0.15) is 4.34 Å². The molecule has 0 spiro atoms. The van der Waals surface area contributed by atoms with E-state index in [0.717, 1.165) is 28.4 Å². The van der Waals surface area contributed by atoms with Gasteiger partial charge < -0.3 is 9.80 Å². The predicted molar refractivity (Wildman–Crippen MR) is 107 cm³/mol. The summed E-state index contributed by atoms with van der Waals surface area (Å²) in [6.07, 6.45) is 0. The summed E-state index contributed by atoms with van der Waals surface area (Å²) in [4.78, 5) is 21.3. The van der Waals surface area contributed by atoms with Crippen LogP contribution in [0.3, 0.4) is 0 Å². The highest BCUT2D eigenvalue weighted by Gasteiger charge is 2.26. The molecule has 1 amide bonds. The van der Waals surface area contributed by atoms with Crippen LogP contribution in [0, 0.1) is 0 Å². The lowest BCUT2D eigenvalue weighted by atomic mass is 10.2. The third-order valence-electron chi connectivity index (χ3n) is 4.06. The number of thiophene rings is 1.